The van der Waals surface area contributed by atoms with E-state index in [9.17, 15) is 0 Å². The molecule has 0 N–H and O–H groups in total. The predicted octanol–water partition coefficient (Wildman–Crippen LogP) is 10.6. The summed E-state index contributed by atoms with van der Waals surface area (Å²) in [5, 5.41) is 12.6. The van der Waals surface area contributed by atoms with Gasteiger partial charge in [0.1, 0.15) is 23.7 Å². The Balaban J connectivity index is 1.11. The summed E-state index contributed by atoms with van der Waals surface area (Å²) in [6, 6.07) is 60.5. The van der Waals surface area contributed by atoms with Gasteiger partial charge in [0.2, 0.25) is 0 Å². The molecule has 10 heteroatoms. The first-order chi connectivity index (χ1) is 29.1. The summed E-state index contributed by atoms with van der Waals surface area (Å²) < 4.78 is 40.3. The second-order valence-corrected chi connectivity index (χ2v) is 14.8. The van der Waals surface area contributed by atoms with E-state index in [0.717, 1.165) is 73.5 Å². The van der Waals surface area contributed by atoms with Gasteiger partial charge in [-0.25, -0.2) is 8.78 Å². The summed E-state index contributed by atoms with van der Waals surface area (Å²) in [6.45, 7) is -0.122. The van der Waals surface area contributed by atoms with Crippen LogP contribution in [0.15, 0.2) is 198 Å². The Labute approximate surface area is 344 Å². The van der Waals surface area contributed by atoms with Crippen molar-refractivity contribution in [1.29, 1.82) is 0 Å². The molecule has 59 heavy (non-hydrogen) atoms. The highest BCUT2D eigenvalue weighted by Gasteiger charge is 2.42. The summed E-state index contributed by atoms with van der Waals surface area (Å²) in [7, 11) is 0. The van der Waals surface area contributed by atoms with Gasteiger partial charge in [0.05, 0.1) is 6.54 Å². The average Bonchev–Trinajstić information content (AvgIpc) is 3.94. The maximum absolute atomic E-state index is 15.2. The fourth-order valence-corrected chi connectivity index (χ4v) is 8.70. The zero-order valence-corrected chi connectivity index (χ0v) is 32.4. The lowest BCUT2D eigenvalue weighted by molar-refractivity contribution is 0.252. The van der Waals surface area contributed by atoms with Crippen molar-refractivity contribution in [3.63, 3.8) is 0 Å². The molecule has 0 fully saturated rings. The van der Waals surface area contributed by atoms with Gasteiger partial charge in [0, 0.05) is 50.4 Å². The van der Waals surface area contributed by atoms with Crippen molar-refractivity contribution < 1.29 is 8.78 Å². The SMILES string of the molecule is Fc1cccc(F)c1CN1N=NC2C(c3ccc(N(c4ccccc4)c4ccccc4)cc3)=c3[n-][s+]nc3=C(c3ccc(N(c4ccccc4)c4ccccc4)cc3)C21. The monoisotopic (exact) mass is 791 g/mol. The van der Waals surface area contributed by atoms with E-state index in [1.165, 1.54) is 18.2 Å². The zero-order chi connectivity index (χ0) is 39.7. The molecule has 7 aromatic carbocycles. The van der Waals surface area contributed by atoms with Gasteiger partial charge in [-0.15, -0.1) is 0 Å². The minimum atomic E-state index is -0.635. The standard InChI is InChI=1S/C49H35F2N7S/c50-42-22-13-23-43(51)41(42)32-56-49-45(34-26-30-40(31-27-34)58(37-18-9-3-10-19-37)38-20-11-4-12-21-38)47-46(53-59-54-47)44(48(49)52-55-56)33-24-28-39(29-25-33)57(35-14-5-1-6-15-35)36-16-7-2-8-17-36/h1-31,48-49H,32H2. The van der Waals surface area contributed by atoms with E-state index in [-0.39, 0.29) is 12.1 Å². The van der Waals surface area contributed by atoms with Crippen LogP contribution in [0.1, 0.15) is 16.7 Å². The lowest BCUT2D eigenvalue weighted by Crippen LogP contribution is -2.49. The molecule has 2 heterocycles. The number of anilines is 6. The van der Waals surface area contributed by atoms with Gasteiger partial charge in [0.15, 0.2) is 0 Å². The van der Waals surface area contributed by atoms with Crippen molar-refractivity contribution in [2.45, 2.75) is 18.6 Å². The molecule has 0 bridgehead atoms. The Morgan fingerprint density at radius 3 is 1.39 bits per heavy atom. The molecule has 0 amide bonds. The summed E-state index contributed by atoms with van der Waals surface area (Å²) >= 11 is 1.14. The third kappa shape index (κ3) is 6.73. The van der Waals surface area contributed by atoms with Crippen molar-refractivity contribution in [3.8, 4) is 0 Å². The minimum absolute atomic E-state index is 0.0711. The molecule has 10 rings (SSSR count). The van der Waals surface area contributed by atoms with Crippen LogP contribution in [0.5, 0.6) is 0 Å². The first-order valence-electron chi connectivity index (χ1n) is 19.3. The fraction of sp³-hybridized carbons (Fsp3) is 0.0612. The summed E-state index contributed by atoms with van der Waals surface area (Å²) in [4.78, 5) is 4.41. The summed E-state index contributed by atoms with van der Waals surface area (Å²) in [5.74, 6) is -1.27. The number of fused-ring (bicyclic) bond motifs is 2. The van der Waals surface area contributed by atoms with Crippen molar-refractivity contribution in [2.75, 3.05) is 9.80 Å². The Kier molecular flexibility index (Phi) is 9.52. The molecule has 1 aliphatic carbocycles. The third-order valence-electron chi connectivity index (χ3n) is 10.8. The van der Waals surface area contributed by atoms with E-state index in [2.05, 4.69) is 112 Å². The molecular formula is C49H35F2N7S. The van der Waals surface area contributed by atoms with Gasteiger partial charge >= 0.3 is 0 Å². The summed E-state index contributed by atoms with van der Waals surface area (Å²) in [5.41, 5.74) is 9.49. The predicted molar refractivity (Wildman–Crippen MR) is 231 cm³/mol. The van der Waals surface area contributed by atoms with E-state index < -0.39 is 23.7 Å². The van der Waals surface area contributed by atoms with Gasteiger partial charge in [-0.1, -0.05) is 108 Å². The molecule has 1 aliphatic heterocycles. The van der Waals surface area contributed by atoms with Crippen LogP contribution >= 0.6 is 11.7 Å². The fourth-order valence-electron chi connectivity index (χ4n) is 8.12. The normalized spacial score (nSPS) is 15.5. The highest BCUT2D eigenvalue weighted by Crippen LogP contribution is 2.41. The van der Waals surface area contributed by atoms with Crippen molar-refractivity contribution in [1.82, 2.24) is 13.8 Å². The molecule has 1 aromatic heterocycles. The average molecular weight is 792 g/mol. The number of hydrogen-bond donors (Lipinski definition) is 0. The van der Waals surface area contributed by atoms with Crippen LogP contribution in [0.3, 0.4) is 0 Å². The van der Waals surface area contributed by atoms with Gasteiger partial charge in [-0.05, 0) is 107 Å². The molecule has 2 unspecified atom stereocenters. The minimum Gasteiger partial charge on any atom is -0.311 e. The molecule has 2 atom stereocenters. The number of halogens is 2. The number of hydrogen-bond acceptors (Lipinski definition) is 6. The first kappa shape index (κ1) is 36.1. The van der Waals surface area contributed by atoms with Gasteiger partial charge in [0.25, 0.3) is 11.7 Å². The Morgan fingerprint density at radius 2 is 0.932 bits per heavy atom. The lowest BCUT2D eigenvalue weighted by atomic mass is 9.82. The highest BCUT2D eigenvalue weighted by atomic mass is 32.1. The number of para-hydroxylation sites is 4. The number of nitrogens with zero attached hydrogens (tertiary/aromatic N) is 7. The Morgan fingerprint density at radius 1 is 0.508 bits per heavy atom. The third-order valence-corrected chi connectivity index (χ3v) is 11.3. The van der Waals surface area contributed by atoms with Gasteiger partial charge in [-0.3, -0.25) is 5.01 Å². The molecule has 286 valence electrons. The van der Waals surface area contributed by atoms with Crippen LogP contribution in [0, 0.1) is 11.6 Å². The van der Waals surface area contributed by atoms with E-state index in [4.69, 9.17) is 13.9 Å². The molecule has 7 nitrogen and oxygen atoms in total. The van der Waals surface area contributed by atoms with E-state index in [1.807, 2.05) is 72.8 Å². The zero-order valence-electron chi connectivity index (χ0n) is 31.6. The van der Waals surface area contributed by atoms with Crippen molar-refractivity contribution in [2.24, 2.45) is 10.3 Å². The second-order valence-electron chi connectivity index (χ2n) is 14.3. The second kappa shape index (κ2) is 15.6. The smallest absolute Gasteiger partial charge is 0.279 e. The number of rotatable bonds is 10. The lowest BCUT2D eigenvalue weighted by Gasteiger charge is -2.32. The molecule has 0 saturated carbocycles. The maximum atomic E-state index is 15.2. The Hall–Kier alpha value is -7.30. The quantitative estimate of drug-likeness (QED) is 0.129. The molecular weight excluding hydrogens is 757 g/mol. The van der Waals surface area contributed by atoms with Crippen LogP contribution in [0.4, 0.5) is 42.9 Å². The molecule has 8 aromatic rings. The van der Waals surface area contributed by atoms with E-state index in [0.29, 0.717) is 5.35 Å². The van der Waals surface area contributed by atoms with Crippen LogP contribution in [-0.4, -0.2) is 21.5 Å². The van der Waals surface area contributed by atoms with E-state index in [1.54, 1.807) is 5.01 Å². The van der Waals surface area contributed by atoms with Crippen molar-refractivity contribution in [3.05, 3.63) is 227 Å². The maximum Gasteiger partial charge on any atom is 0.279 e. The Bertz CT molecular complexity index is 2790. The van der Waals surface area contributed by atoms with Gasteiger partial charge < -0.3 is 9.80 Å². The number of benzene rings is 7. The van der Waals surface area contributed by atoms with Crippen LogP contribution in [-0.2, 0) is 6.54 Å². The molecule has 0 radical (unpaired) electrons. The summed E-state index contributed by atoms with van der Waals surface area (Å²) in [6.07, 6.45) is 0. The van der Waals surface area contributed by atoms with Gasteiger partial charge in [-0.2, -0.15) is 13.9 Å². The number of aromatic nitrogens is 2. The first-order valence-corrected chi connectivity index (χ1v) is 20.0. The molecule has 2 aliphatic rings. The topological polar surface area (TPSA) is 61.4 Å². The molecule has 0 saturated heterocycles. The van der Waals surface area contributed by atoms with Crippen LogP contribution in [0.2, 0.25) is 0 Å². The largest absolute Gasteiger partial charge is 0.311 e. The van der Waals surface area contributed by atoms with Crippen LogP contribution < -0.4 is 24.9 Å². The molecule has 0 spiro atoms. The van der Waals surface area contributed by atoms with E-state index >= 15 is 8.78 Å². The van der Waals surface area contributed by atoms with Crippen molar-refractivity contribution >= 4 is 57.0 Å². The van der Waals surface area contributed by atoms with Crippen LogP contribution in [0.25, 0.3) is 11.1 Å². The highest BCUT2D eigenvalue weighted by molar-refractivity contribution is 6.98.